The van der Waals surface area contributed by atoms with E-state index in [1.807, 2.05) is 6.07 Å². The Bertz CT molecular complexity index is 814. The van der Waals surface area contributed by atoms with Gasteiger partial charge in [-0.05, 0) is 30.8 Å². The highest BCUT2D eigenvalue weighted by Crippen LogP contribution is 2.26. The fourth-order valence-electron chi connectivity index (χ4n) is 2.42. The number of carbonyl (C=O) groups excluding carboxylic acids is 1. The molecule has 0 aliphatic heterocycles. The minimum absolute atomic E-state index is 0.0717. The number of ether oxygens (including phenoxy) is 1. The SMILES string of the molecule is CN(CC(=O)NCc1ccccc1OC(F)(F)F)Cc1ccc(C#N)cc1. The van der Waals surface area contributed by atoms with Crippen LogP contribution in [-0.2, 0) is 17.9 Å². The number of hydrogen-bond donors (Lipinski definition) is 1. The number of halogens is 3. The quantitative estimate of drug-likeness (QED) is 0.805. The van der Waals surface area contributed by atoms with E-state index < -0.39 is 6.36 Å². The molecule has 2 rings (SSSR count). The van der Waals surface area contributed by atoms with Crippen LogP contribution < -0.4 is 10.1 Å². The average molecular weight is 377 g/mol. The second-order valence-corrected chi connectivity index (χ2v) is 5.91. The normalized spacial score (nSPS) is 11.1. The molecule has 0 saturated carbocycles. The lowest BCUT2D eigenvalue weighted by Gasteiger charge is -2.17. The molecule has 142 valence electrons. The van der Waals surface area contributed by atoms with Crippen LogP contribution in [-0.4, -0.2) is 30.8 Å². The highest BCUT2D eigenvalue weighted by atomic mass is 19.4. The van der Waals surface area contributed by atoms with E-state index in [1.54, 1.807) is 42.3 Å². The Kier molecular flexibility index (Phi) is 6.79. The molecule has 0 fully saturated rings. The zero-order chi connectivity index (χ0) is 19.9. The van der Waals surface area contributed by atoms with Crippen LogP contribution in [0.25, 0.3) is 0 Å². The summed E-state index contributed by atoms with van der Waals surface area (Å²) in [7, 11) is 1.75. The van der Waals surface area contributed by atoms with Crippen molar-refractivity contribution in [3.63, 3.8) is 0 Å². The first kappa shape index (κ1) is 20.3. The summed E-state index contributed by atoms with van der Waals surface area (Å²) < 4.78 is 41.2. The molecule has 2 aromatic carbocycles. The Morgan fingerprint density at radius 3 is 2.48 bits per heavy atom. The number of alkyl halides is 3. The largest absolute Gasteiger partial charge is 0.573 e. The third-order valence-electron chi connectivity index (χ3n) is 3.62. The van der Waals surface area contributed by atoms with Crippen LogP contribution >= 0.6 is 0 Å². The van der Waals surface area contributed by atoms with Gasteiger partial charge in [0, 0.05) is 18.7 Å². The van der Waals surface area contributed by atoms with Gasteiger partial charge in [0.15, 0.2) is 0 Å². The maximum atomic E-state index is 12.4. The van der Waals surface area contributed by atoms with E-state index >= 15 is 0 Å². The number of hydrogen-bond acceptors (Lipinski definition) is 4. The Labute approximate surface area is 155 Å². The lowest BCUT2D eigenvalue weighted by atomic mass is 10.1. The molecule has 0 unspecified atom stereocenters. The summed E-state index contributed by atoms with van der Waals surface area (Å²) in [6, 6.07) is 14.7. The molecule has 27 heavy (non-hydrogen) atoms. The molecule has 8 heteroatoms. The van der Waals surface area contributed by atoms with Gasteiger partial charge in [-0.3, -0.25) is 9.69 Å². The Morgan fingerprint density at radius 1 is 1.19 bits per heavy atom. The van der Waals surface area contributed by atoms with Gasteiger partial charge >= 0.3 is 6.36 Å². The molecule has 0 aliphatic carbocycles. The molecule has 0 aromatic heterocycles. The van der Waals surface area contributed by atoms with Crippen LogP contribution in [0.2, 0.25) is 0 Å². The van der Waals surface area contributed by atoms with Crippen molar-refractivity contribution in [2.24, 2.45) is 0 Å². The number of nitriles is 1. The maximum absolute atomic E-state index is 12.4. The number of nitrogens with one attached hydrogen (secondary N) is 1. The van der Waals surface area contributed by atoms with Crippen molar-refractivity contribution in [3.8, 4) is 11.8 Å². The fraction of sp³-hybridized carbons (Fsp3) is 0.263. The van der Waals surface area contributed by atoms with Crippen molar-refractivity contribution in [3.05, 3.63) is 65.2 Å². The monoisotopic (exact) mass is 377 g/mol. The van der Waals surface area contributed by atoms with Gasteiger partial charge in [-0.15, -0.1) is 13.2 Å². The summed E-state index contributed by atoms with van der Waals surface area (Å²) in [5.74, 6) is -0.663. The molecule has 0 heterocycles. The number of rotatable bonds is 7. The maximum Gasteiger partial charge on any atom is 0.573 e. The number of likely N-dealkylation sites (N-methyl/N-ethyl adjacent to an activating group) is 1. The van der Waals surface area contributed by atoms with E-state index in [9.17, 15) is 18.0 Å². The first-order chi connectivity index (χ1) is 12.8. The van der Waals surface area contributed by atoms with Gasteiger partial charge in [-0.1, -0.05) is 30.3 Å². The molecule has 1 amide bonds. The summed E-state index contributed by atoms with van der Waals surface area (Å²) in [6.45, 7) is 0.491. The van der Waals surface area contributed by atoms with Crippen molar-refractivity contribution in [2.45, 2.75) is 19.5 Å². The van der Waals surface area contributed by atoms with Gasteiger partial charge in [0.2, 0.25) is 5.91 Å². The Hall–Kier alpha value is -3.05. The van der Waals surface area contributed by atoms with Crippen molar-refractivity contribution in [1.29, 1.82) is 5.26 Å². The molecule has 0 radical (unpaired) electrons. The second-order valence-electron chi connectivity index (χ2n) is 5.91. The third-order valence-corrected chi connectivity index (χ3v) is 3.62. The number of amides is 1. The number of benzene rings is 2. The first-order valence-corrected chi connectivity index (χ1v) is 8.05. The Balaban J connectivity index is 1.86. The minimum atomic E-state index is -4.79. The van der Waals surface area contributed by atoms with Gasteiger partial charge in [-0.25, -0.2) is 0 Å². The number of para-hydroxylation sites is 1. The van der Waals surface area contributed by atoms with Crippen LogP contribution in [0, 0.1) is 11.3 Å². The van der Waals surface area contributed by atoms with E-state index in [0.29, 0.717) is 12.1 Å². The molecule has 0 aliphatic rings. The van der Waals surface area contributed by atoms with Crippen molar-refractivity contribution in [2.75, 3.05) is 13.6 Å². The zero-order valence-electron chi connectivity index (χ0n) is 14.6. The van der Waals surface area contributed by atoms with Crippen LogP contribution in [0.15, 0.2) is 48.5 Å². The van der Waals surface area contributed by atoms with Gasteiger partial charge < -0.3 is 10.1 Å². The first-order valence-electron chi connectivity index (χ1n) is 8.05. The van der Waals surface area contributed by atoms with Gasteiger partial charge in [0.1, 0.15) is 5.75 Å². The van der Waals surface area contributed by atoms with E-state index in [2.05, 4.69) is 10.1 Å². The summed E-state index contributed by atoms with van der Waals surface area (Å²) in [5.41, 5.74) is 1.73. The molecular weight excluding hydrogens is 359 g/mol. The third kappa shape index (κ3) is 6.99. The number of nitrogens with zero attached hydrogens (tertiary/aromatic N) is 2. The molecular formula is C19H18F3N3O2. The van der Waals surface area contributed by atoms with E-state index in [-0.39, 0.29) is 30.3 Å². The highest BCUT2D eigenvalue weighted by Gasteiger charge is 2.31. The number of carbonyl (C=O) groups is 1. The van der Waals surface area contributed by atoms with E-state index in [4.69, 9.17) is 5.26 Å². The summed E-state index contributed by atoms with van der Waals surface area (Å²) in [6.07, 6.45) is -4.79. The summed E-state index contributed by atoms with van der Waals surface area (Å²) in [5, 5.41) is 11.4. The van der Waals surface area contributed by atoms with E-state index in [0.717, 1.165) is 5.56 Å². The topological polar surface area (TPSA) is 65.4 Å². The predicted octanol–water partition coefficient (Wildman–Crippen LogP) is 3.21. The standard InChI is InChI=1S/C19H18F3N3O2/c1-25(12-15-8-6-14(10-23)7-9-15)13-18(26)24-11-16-4-2-3-5-17(16)27-19(20,21)22/h2-9H,11-13H2,1H3,(H,24,26). The molecule has 0 saturated heterocycles. The lowest BCUT2D eigenvalue weighted by Crippen LogP contribution is -2.34. The molecule has 0 bridgehead atoms. The average Bonchev–Trinajstić information content (AvgIpc) is 2.60. The molecule has 1 N–H and O–H groups in total. The van der Waals surface area contributed by atoms with Crippen molar-refractivity contribution >= 4 is 5.91 Å². The molecule has 2 aromatic rings. The van der Waals surface area contributed by atoms with Gasteiger partial charge in [0.25, 0.3) is 0 Å². The predicted molar refractivity (Wildman–Crippen MR) is 92.5 cm³/mol. The highest BCUT2D eigenvalue weighted by molar-refractivity contribution is 5.78. The molecule has 0 atom stereocenters. The lowest BCUT2D eigenvalue weighted by molar-refractivity contribution is -0.274. The van der Waals surface area contributed by atoms with Crippen LogP contribution in [0.1, 0.15) is 16.7 Å². The van der Waals surface area contributed by atoms with Gasteiger partial charge in [0.05, 0.1) is 18.2 Å². The Morgan fingerprint density at radius 2 is 1.85 bits per heavy atom. The van der Waals surface area contributed by atoms with Crippen LogP contribution in [0.4, 0.5) is 13.2 Å². The van der Waals surface area contributed by atoms with Crippen molar-refractivity contribution in [1.82, 2.24) is 10.2 Å². The molecule has 5 nitrogen and oxygen atoms in total. The zero-order valence-corrected chi connectivity index (χ0v) is 14.6. The van der Waals surface area contributed by atoms with Crippen molar-refractivity contribution < 1.29 is 22.7 Å². The fourth-order valence-corrected chi connectivity index (χ4v) is 2.42. The van der Waals surface area contributed by atoms with Gasteiger partial charge in [-0.2, -0.15) is 5.26 Å². The minimum Gasteiger partial charge on any atom is -0.405 e. The smallest absolute Gasteiger partial charge is 0.405 e. The van der Waals surface area contributed by atoms with Crippen LogP contribution in [0.5, 0.6) is 5.75 Å². The van der Waals surface area contributed by atoms with E-state index in [1.165, 1.54) is 18.2 Å². The second kappa shape index (κ2) is 9.05. The molecule has 0 spiro atoms. The summed E-state index contributed by atoms with van der Waals surface area (Å²) in [4.78, 5) is 13.8. The van der Waals surface area contributed by atoms with Crippen LogP contribution in [0.3, 0.4) is 0 Å². The summed E-state index contributed by atoms with van der Waals surface area (Å²) >= 11 is 0.